The van der Waals surface area contributed by atoms with Gasteiger partial charge in [-0.3, -0.25) is 4.79 Å². The number of likely N-dealkylation sites (N-methyl/N-ethyl adjacent to an activating group) is 1. The minimum absolute atomic E-state index is 0.348. The highest BCUT2D eigenvalue weighted by molar-refractivity contribution is 7.16. The van der Waals surface area contributed by atoms with Gasteiger partial charge in [0, 0.05) is 18.0 Å². The fourth-order valence-corrected chi connectivity index (χ4v) is 3.89. The largest absolute Gasteiger partial charge is 0.312 e. The Morgan fingerprint density at radius 2 is 2.09 bits per heavy atom. The fraction of sp³-hybridized carbons (Fsp3) is 0.250. The SMILES string of the molecule is CN1CCc2c(sc(NC(=O)c3c(F)cccc3F)c2C#N)C1. The molecule has 1 aliphatic rings. The van der Waals surface area contributed by atoms with E-state index < -0.39 is 23.1 Å². The third-order valence-electron chi connectivity index (χ3n) is 3.78. The van der Waals surface area contributed by atoms with Crippen molar-refractivity contribution in [2.75, 3.05) is 18.9 Å². The Hall–Kier alpha value is -2.30. The first kappa shape index (κ1) is 15.6. The number of hydrogen-bond donors (Lipinski definition) is 1. The Morgan fingerprint density at radius 1 is 1.39 bits per heavy atom. The first-order valence-corrected chi connectivity index (χ1v) is 7.81. The van der Waals surface area contributed by atoms with Crippen LogP contribution in [0.4, 0.5) is 13.8 Å². The van der Waals surface area contributed by atoms with Crippen LogP contribution in [0, 0.1) is 23.0 Å². The van der Waals surface area contributed by atoms with Gasteiger partial charge >= 0.3 is 0 Å². The molecule has 7 heteroatoms. The van der Waals surface area contributed by atoms with Crippen LogP contribution in [0.15, 0.2) is 18.2 Å². The van der Waals surface area contributed by atoms with Crippen molar-refractivity contribution in [3.63, 3.8) is 0 Å². The quantitative estimate of drug-likeness (QED) is 0.918. The monoisotopic (exact) mass is 333 g/mol. The molecule has 0 aliphatic carbocycles. The summed E-state index contributed by atoms with van der Waals surface area (Å²) < 4.78 is 27.4. The van der Waals surface area contributed by atoms with Crippen LogP contribution in [0.25, 0.3) is 0 Å². The van der Waals surface area contributed by atoms with Crippen LogP contribution in [0.2, 0.25) is 0 Å². The molecule has 1 amide bonds. The molecule has 23 heavy (non-hydrogen) atoms. The van der Waals surface area contributed by atoms with Gasteiger partial charge in [0.2, 0.25) is 0 Å². The molecule has 2 heterocycles. The Kier molecular flexibility index (Phi) is 4.11. The zero-order chi connectivity index (χ0) is 16.6. The summed E-state index contributed by atoms with van der Waals surface area (Å²) in [6, 6.07) is 5.34. The number of thiophene rings is 1. The van der Waals surface area contributed by atoms with Crippen molar-refractivity contribution in [1.82, 2.24) is 4.90 Å². The van der Waals surface area contributed by atoms with Crippen molar-refractivity contribution in [3.05, 3.63) is 51.4 Å². The summed E-state index contributed by atoms with van der Waals surface area (Å²) in [5.41, 5.74) is 0.669. The zero-order valence-electron chi connectivity index (χ0n) is 12.3. The standard InChI is InChI=1S/C16H13F2N3OS/c1-21-6-5-9-10(7-19)16(23-13(9)8-21)20-15(22)14-11(17)3-2-4-12(14)18/h2-4H,5-6,8H2,1H3,(H,20,22). The first-order chi connectivity index (χ1) is 11.0. The van der Waals surface area contributed by atoms with Gasteiger partial charge in [0.15, 0.2) is 0 Å². The molecule has 118 valence electrons. The lowest BCUT2D eigenvalue weighted by molar-refractivity contribution is 0.101. The van der Waals surface area contributed by atoms with Crippen LogP contribution >= 0.6 is 11.3 Å². The summed E-state index contributed by atoms with van der Waals surface area (Å²) in [6.07, 6.45) is 0.717. The third kappa shape index (κ3) is 2.83. The Bertz CT molecular complexity index is 805. The highest BCUT2D eigenvalue weighted by Crippen LogP contribution is 2.36. The van der Waals surface area contributed by atoms with E-state index in [2.05, 4.69) is 16.3 Å². The minimum atomic E-state index is -0.929. The van der Waals surface area contributed by atoms with Gasteiger partial charge < -0.3 is 10.2 Å². The smallest absolute Gasteiger partial charge is 0.262 e. The molecule has 4 nitrogen and oxygen atoms in total. The third-order valence-corrected chi connectivity index (χ3v) is 4.91. The highest BCUT2D eigenvalue weighted by atomic mass is 32.1. The summed E-state index contributed by atoms with van der Waals surface area (Å²) in [4.78, 5) is 15.3. The lowest BCUT2D eigenvalue weighted by Crippen LogP contribution is -2.25. The van der Waals surface area contributed by atoms with Crippen LogP contribution in [0.5, 0.6) is 0 Å². The highest BCUT2D eigenvalue weighted by Gasteiger charge is 2.25. The Balaban J connectivity index is 1.95. The van der Waals surface area contributed by atoms with Crippen molar-refractivity contribution in [1.29, 1.82) is 5.26 Å². The minimum Gasteiger partial charge on any atom is -0.312 e. The van der Waals surface area contributed by atoms with Crippen molar-refractivity contribution >= 4 is 22.2 Å². The number of nitrogens with one attached hydrogen (secondary N) is 1. The predicted molar refractivity (Wildman–Crippen MR) is 83.4 cm³/mol. The Morgan fingerprint density at radius 3 is 2.74 bits per heavy atom. The number of nitriles is 1. The average molecular weight is 333 g/mol. The molecule has 1 aromatic heterocycles. The fourth-order valence-electron chi connectivity index (χ4n) is 2.62. The zero-order valence-corrected chi connectivity index (χ0v) is 13.1. The van der Waals surface area contributed by atoms with E-state index in [1.807, 2.05) is 7.05 Å². The van der Waals surface area contributed by atoms with Gasteiger partial charge in [0.25, 0.3) is 5.91 Å². The molecular formula is C16H13F2N3OS. The van der Waals surface area contributed by atoms with Gasteiger partial charge in [-0.2, -0.15) is 5.26 Å². The van der Waals surface area contributed by atoms with Crippen LogP contribution in [0.3, 0.4) is 0 Å². The number of rotatable bonds is 2. The number of hydrogen-bond acceptors (Lipinski definition) is 4. The first-order valence-electron chi connectivity index (χ1n) is 6.99. The number of anilines is 1. The van der Waals surface area contributed by atoms with Gasteiger partial charge in [0.1, 0.15) is 28.3 Å². The molecular weight excluding hydrogens is 320 g/mol. The molecule has 0 fully saturated rings. The van der Waals surface area contributed by atoms with Gasteiger partial charge in [-0.25, -0.2) is 8.78 Å². The summed E-state index contributed by atoms with van der Waals surface area (Å²) in [7, 11) is 1.97. The predicted octanol–water partition coefficient (Wildman–Crippen LogP) is 3.14. The van der Waals surface area contributed by atoms with Gasteiger partial charge in [0.05, 0.1) is 5.56 Å². The molecule has 1 aromatic carbocycles. The normalized spacial score (nSPS) is 14.2. The van der Waals surface area contributed by atoms with E-state index >= 15 is 0 Å². The molecule has 3 rings (SSSR count). The van der Waals surface area contributed by atoms with Crippen molar-refractivity contribution < 1.29 is 13.6 Å². The molecule has 1 aliphatic heterocycles. The van der Waals surface area contributed by atoms with E-state index in [-0.39, 0.29) is 0 Å². The number of amides is 1. The van der Waals surface area contributed by atoms with E-state index in [1.165, 1.54) is 17.4 Å². The molecule has 0 spiro atoms. The second-order valence-electron chi connectivity index (χ2n) is 5.36. The van der Waals surface area contributed by atoms with Gasteiger partial charge in [-0.1, -0.05) is 6.07 Å². The topological polar surface area (TPSA) is 56.1 Å². The Labute approximate surface area is 136 Å². The second-order valence-corrected chi connectivity index (χ2v) is 6.46. The number of benzene rings is 1. The number of fused-ring (bicyclic) bond motifs is 1. The summed E-state index contributed by atoms with van der Waals surface area (Å²) >= 11 is 1.28. The number of carbonyl (C=O) groups excluding carboxylic acids is 1. The molecule has 0 bridgehead atoms. The molecule has 0 saturated heterocycles. The number of halogens is 2. The molecule has 0 radical (unpaired) electrons. The maximum absolute atomic E-state index is 13.7. The maximum atomic E-state index is 13.7. The van der Waals surface area contributed by atoms with Crippen molar-refractivity contribution in [2.45, 2.75) is 13.0 Å². The van der Waals surface area contributed by atoms with E-state index in [1.54, 1.807) is 0 Å². The maximum Gasteiger partial charge on any atom is 0.262 e. The molecule has 2 aromatic rings. The van der Waals surface area contributed by atoms with Crippen LogP contribution in [-0.2, 0) is 13.0 Å². The lowest BCUT2D eigenvalue weighted by Gasteiger charge is -2.21. The summed E-state index contributed by atoms with van der Waals surface area (Å²) in [5, 5.41) is 12.2. The lowest BCUT2D eigenvalue weighted by atomic mass is 10.0. The average Bonchev–Trinajstić information content (AvgIpc) is 2.82. The second kappa shape index (κ2) is 6.07. The summed E-state index contributed by atoms with van der Waals surface area (Å²) in [6.45, 7) is 1.52. The number of nitrogens with zero attached hydrogens (tertiary/aromatic N) is 2. The summed E-state index contributed by atoms with van der Waals surface area (Å²) in [5.74, 6) is -2.74. The van der Waals surface area contributed by atoms with Crippen molar-refractivity contribution in [2.24, 2.45) is 0 Å². The number of carbonyl (C=O) groups is 1. The molecule has 1 N–H and O–H groups in total. The van der Waals surface area contributed by atoms with Crippen molar-refractivity contribution in [3.8, 4) is 6.07 Å². The van der Waals surface area contributed by atoms with Crippen LogP contribution in [0.1, 0.15) is 26.4 Å². The molecule has 0 saturated carbocycles. The van der Waals surface area contributed by atoms with Gasteiger partial charge in [-0.05, 0) is 31.2 Å². The molecule has 0 unspecified atom stereocenters. The van der Waals surface area contributed by atoms with E-state index in [0.717, 1.165) is 35.5 Å². The van der Waals surface area contributed by atoms with Crippen LogP contribution in [-0.4, -0.2) is 24.4 Å². The molecule has 0 atom stereocenters. The van der Waals surface area contributed by atoms with Crippen LogP contribution < -0.4 is 5.32 Å². The van der Waals surface area contributed by atoms with Gasteiger partial charge in [-0.15, -0.1) is 11.3 Å². The van der Waals surface area contributed by atoms with E-state index in [0.29, 0.717) is 17.1 Å². The van der Waals surface area contributed by atoms with E-state index in [9.17, 15) is 18.8 Å². The van der Waals surface area contributed by atoms with E-state index in [4.69, 9.17) is 0 Å².